The summed E-state index contributed by atoms with van der Waals surface area (Å²) in [6.07, 6.45) is 0. The number of rotatable bonds is 8. The van der Waals surface area contributed by atoms with Crippen LogP contribution in [0.1, 0.15) is 16.2 Å². The van der Waals surface area contributed by atoms with Crippen LogP contribution in [0.4, 0.5) is 0 Å². The van der Waals surface area contributed by atoms with Crippen LogP contribution in [0.5, 0.6) is 0 Å². The topological polar surface area (TPSA) is 55.7 Å². The molecule has 50 heavy (non-hydrogen) atoms. The first kappa shape index (κ1) is 30.5. The van der Waals surface area contributed by atoms with Gasteiger partial charge in [-0.15, -0.1) is 0 Å². The number of hydrogen-bond donors (Lipinski definition) is 0. The molecule has 0 aliphatic carbocycles. The van der Waals surface area contributed by atoms with Crippen molar-refractivity contribution in [1.82, 2.24) is 15.0 Å². The van der Waals surface area contributed by atoms with Crippen molar-refractivity contribution in [3.05, 3.63) is 199 Å². The average Bonchev–Trinajstić information content (AvgIpc) is 3.21. The predicted octanol–water partition coefficient (Wildman–Crippen LogP) is 11.1. The smallest absolute Gasteiger partial charge is 0.230 e. The van der Waals surface area contributed by atoms with Crippen molar-refractivity contribution in [2.45, 2.75) is 0 Å². The summed E-state index contributed by atoms with van der Waals surface area (Å²) >= 11 is 0. The van der Waals surface area contributed by atoms with Gasteiger partial charge in [0, 0.05) is 16.7 Å². The zero-order valence-corrected chi connectivity index (χ0v) is 27.1. The number of carbonyl (C=O) groups excluding carboxylic acids is 1. The molecule has 1 aromatic heterocycles. The van der Waals surface area contributed by atoms with Crippen LogP contribution in [-0.2, 0) is 0 Å². The third-order valence-corrected chi connectivity index (χ3v) is 8.75. The Kier molecular flexibility index (Phi) is 8.40. The Labute approximate surface area is 291 Å². The molecular formula is C46H31N3O. The Balaban J connectivity index is 1.24. The van der Waals surface area contributed by atoms with Crippen molar-refractivity contribution in [3.63, 3.8) is 0 Å². The van der Waals surface area contributed by atoms with E-state index in [0.717, 1.165) is 55.6 Å². The lowest BCUT2D eigenvalue weighted by atomic mass is 9.94. The maximum absolute atomic E-state index is 14.5. The van der Waals surface area contributed by atoms with E-state index in [0.29, 0.717) is 17.2 Å². The molecule has 236 valence electrons. The largest absolute Gasteiger partial charge is 0.285 e. The normalized spacial score (nSPS) is 10.9. The molecule has 1 heterocycles. The van der Waals surface area contributed by atoms with Crippen molar-refractivity contribution in [1.29, 1.82) is 0 Å². The lowest BCUT2D eigenvalue weighted by molar-refractivity contribution is 0.102. The van der Waals surface area contributed by atoms with Gasteiger partial charge in [-0.3, -0.25) is 4.79 Å². The summed E-state index contributed by atoms with van der Waals surface area (Å²) in [5.41, 5.74) is 10.4. The summed E-state index contributed by atoms with van der Waals surface area (Å²) in [5.74, 6) is 0.695. The third kappa shape index (κ3) is 6.51. The summed E-state index contributed by atoms with van der Waals surface area (Å²) in [5, 5.41) is 0. The molecule has 0 fully saturated rings. The zero-order valence-electron chi connectivity index (χ0n) is 27.1. The Morgan fingerprint density at radius 2 is 0.600 bits per heavy atom. The molecule has 4 nitrogen and oxygen atoms in total. The maximum Gasteiger partial charge on any atom is 0.230 e. The minimum Gasteiger partial charge on any atom is -0.285 e. The highest BCUT2D eigenvalue weighted by molar-refractivity contribution is 6.08. The SMILES string of the molecule is O=C(c1cc(-c2ccccc2)cc(-c2ccccc2)c1)c1nc(-c2ccc(-c3ccccc3)cc2)nc(-c2ccc(-c3ccccc3)cc2)n1. The second-order valence-corrected chi connectivity index (χ2v) is 12.1. The summed E-state index contributed by atoms with van der Waals surface area (Å²) in [6, 6.07) is 62.8. The molecule has 0 atom stereocenters. The van der Waals surface area contributed by atoms with E-state index in [2.05, 4.69) is 78.9 Å². The molecule has 8 aromatic rings. The Hall–Kier alpha value is -6.78. The van der Waals surface area contributed by atoms with Gasteiger partial charge < -0.3 is 0 Å². The number of aromatic nitrogens is 3. The van der Waals surface area contributed by atoms with Crippen LogP contribution in [-0.4, -0.2) is 20.7 Å². The molecule has 0 spiro atoms. The molecule has 0 N–H and O–H groups in total. The van der Waals surface area contributed by atoms with Gasteiger partial charge in [0.25, 0.3) is 0 Å². The fourth-order valence-corrected chi connectivity index (χ4v) is 6.10. The van der Waals surface area contributed by atoms with Gasteiger partial charge in [-0.1, -0.05) is 170 Å². The fourth-order valence-electron chi connectivity index (χ4n) is 6.10. The Morgan fingerprint density at radius 3 is 0.960 bits per heavy atom. The predicted molar refractivity (Wildman–Crippen MR) is 202 cm³/mol. The molecule has 0 radical (unpaired) electrons. The van der Waals surface area contributed by atoms with Crippen LogP contribution in [0.15, 0.2) is 188 Å². The van der Waals surface area contributed by atoms with E-state index in [1.54, 1.807) is 0 Å². The molecule has 0 bridgehead atoms. The standard InChI is InChI=1S/C46H31N3O/c50-43(42-30-40(34-17-9-3-10-18-34)29-41(31-42)35-19-11-4-12-20-35)46-48-44(38-25-21-36(22-26-38)32-13-5-1-6-14-32)47-45(49-46)39-27-23-37(24-28-39)33-15-7-2-8-16-33/h1-31H. The average molecular weight is 642 g/mol. The molecule has 8 rings (SSSR count). The molecule has 0 unspecified atom stereocenters. The highest BCUT2D eigenvalue weighted by Gasteiger charge is 2.20. The van der Waals surface area contributed by atoms with Gasteiger partial charge in [0.1, 0.15) is 0 Å². The van der Waals surface area contributed by atoms with Crippen LogP contribution < -0.4 is 0 Å². The van der Waals surface area contributed by atoms with E-state index < -0.39 is 0 Å². The molecule has 7 aromatic carbocycles. The highest BCUT2D eigenvalue weighted by atomic mass is 16.1. The lowest BCUT2D eigenvalue weighted by Crippen LogP contribution is -2.11. The minimum absolute atomic E-state index is 0.0912. The number of benzene rings is 7. The van der Waals surface area contributed by atoms with Crippen molar-refractivity contribution >= 4 is 5.78 Å². The Bertz CT molecular complexity index is 2230. The highest BCUT2D eigenvalue weighted by Crippen LogP contribution is 2.31. The van der Waals surface area contributed by atoms with Crippen LogP contribution >= 0.6 is 0 Å². The van der Waals surface area contributed by atoms with Gasteiger partial charge in [-0.05, 0) is 62.7 Å². The fraction of sp³-hybridized carbons (Fsp3) is 0. The van der Waals surface area contributed by atoms with E-state index in [1.807, 2.05) is 109 Å². The van der Waals surface area contributed by atoms with Gasteiger partial charge in [-0.25, -0.2) is 15.0 Å². The van der Waals surface area contributed by atoms with E-state index in [-0.39, 0.29) is 11.6 Å². The molecule has 0 aliphatic heterocycles. The van der Waals surface area contributed by atoms with Crippen molar-refractivity contribution in [3.8, 4) is 67.3 Å². The van der Waals surface area contributed by atoms with Crippen molar-refractivity contribution in [2.24, 2.45) is 0 Å². The van der Waals surface area contributed by atoms with E-state index in [1.165, 1.54) is 0 Å². The summed E-state index contributed by atoms with van der Waals surface area (Å²) in [4.78, 5) is 29.0. The van der Waals surface area contributed by atoms with Crippen LogP contribution in [0.3, 0.4) is 0 Å². The first-order chi connectivity index (χ1) is 24.7. The number of carbonyl (C=O) groups is 1. The molecule has 0 aliphatic rings. The summed E-state index contributed by atoms with van der Waals surface area (Å²) in [7, 11) is 0. The quantitative estimate of drug-likeness (QED) is 0.155. The van der Waals surface area contributed by atoms with Crippen LogP contribution in [0, 0.1) is 0 Å². The summed E-state index contributed by atoms with van der Waals surface area (Å²) in [6.45, 7) is 0. The van der Waals surface area contributed by atoms with E-state index >= 15 is 0 Å². The van der Waals surface area contributed by atoms with Gasteiger partial charge in [0.05, 0.1) is 0 Å². The molecule has 0 saturated carbocycles. The van der Waals surface area contributed by atoms with Gasteiger partial charge in [0.15, 0.2) is 11.6 Å². The molecule has 0 saturated heterocycles. The van der Waals surface area contributed by atoms with Crippen molar-refractivity contribution < 1.29 is 4.79 Å². The second-order valence-electron chi connectivity index (χ2n) is 12.1. The Morgan fingerprint density at radius 1 is 0.300 bits per heavy atom. The monoisotopic (exact) mass is 641 g/mol. The van der Waals surface area contributed by atoms with Gasteiger partial charge in [-0.2, -0.15) is 0 Å². The maximum atomic E-state index is 14.5. The number of ketones is 1. The van der Waals surface area contributed by atoms with E-state index in [4.69, 9.17) is 15.0 Å². The summed E-state index contributed by atoms with van der Waals surface area (Å²) < 4.78 is 0. The van der Waals surface area contributed by atoms with Crippen LogP contribution in [0.2, 0.25) is 0 Å². The third-order valence-electron chi connectivity index (χ3n) is 8.75. The number of nitrogens with zero attached hydrogens (tertiary/aromatic N) is 3. The molecule has 4 heteroatoms. The number of hydrogen-bond acceptors (Lipinski definition) is 4. The first-order valence-corrected chi connectivity index (χ1v) is 16.6. The first-order valence-electron chi connectivity index (χ1n) is 16.6. The van der Waals surface area contributed by atoms with Crippen LogP contribution in [0.25, 0.3) is 67.3 Å². The second kappa shape index (κ2) is 13.8. The van der Waals surface area contributed by atoms with Crippen molar-refractivity contribution in [2.75, 3.05) is 0 Å². The van der Waals surface area contributed by atoms with Gasteiger partial charge >= 0.3 is 0 Å². The lowest BCUT2D eigenvalue weighted by Gasteiger charge is -2.12. The minimum atomic E-state index is -0.272. The molecular weight excluding hydrogens is 611 g/mol. The molecule has 0 amide bonds. The van der Waals surface area contributed by atoms with Gasteiger partial charge in [0.2, 0.25) is 11.6 Å². The zero-order chi connectivity index (χ0) is 33.7. The van der Waals surface area contributed by atoms with E-state index in [9.17, 15) is 4.79 Å².